The quantitative estimate of drug-likeness (QED) is 0.743. The fourth-order valence-electron chi connectivity index (χ4n) is 3.23. The smallest absolute Gasteiger partial charge is 0.307 e. The van der Waals surface area contributed by atoms with E-state index in [1.807, 2.05) is 43.4 Å². The molecule has 0 radical (unpaired) electrons. The Morgan fingerprint density at radius 3 is 2.41 bits per heavy atom. The van der Waals surface area contributed by atoms with Crippen LogP contribution in [0.2, 0.25) is 5.02 Å². The van der Waals surface area contributed by atoms with Crippen LogP contribution in [0, 0.1) is 0 Å². The maximum atomic E-state index is 11.6. The molecule has 1 unspecified atom stereocenters. The second-order valence-corrected chi connectivity index (χ2v) is 8.05. The third-order valence-corrected chi connectivity index (χ3v) is 5.68. The standard InChI is InChI=1S/C20H19ClN4OS/c1-24(2)16-9-5-14(6-10-16)18-11-17(13-3-7-15(21)8-4-13)23-25(18)19-12-27-20(26)22-19/h3-10,18H,11-12H2,1-2H3. The van der Waals surface area contributed by atoms with E-state index in [2.05, 4.69) is 34.2 Å². The Kier molecular flexibility index (Phi) is 4.93. The minimum absolute atomic E-state index is 0.0251. The number of amidine groups is 1. The summed E-state index contributed by atoms with van der Waals surface area (Å²) in [6.07, 6.45) is 0.751. The number of rotatable bonds is 3. The topological polar surface area (TPSA) is 48.3 Å². The lowest BCUT2D eigenvalue weighted by Gasteiger charge is -2.23. The number of carbonyl (C=O) groups is 1. The third kappa shape index (κ3) is 3.73. The van der Waals surface area contributed by atoms with Gasteiger partial charge < -0.3 is 4.90 Å². The number of carbonyl (C=O) groups excluding carboxylic acids is 1. The molecule has 2 aromatic rings. The van der Waals surface area contributed by atoms with E-state index >= 15 is 0 Å². The highest BCUT2D eigenvalue weighted by Crippen LogP contribution is 2.35. The molecule has 0 saturated heterocycles. The largest absolute Gasteiger partial charge is 0.378 e. The molecule has 27 heavy (non-hydrogen) atoms. The summed E-state index contributed by atoms with van der Waals surface area (Å²) in [5.41, 5.74) is 4.31. The number of aliphatic imine (C=N–C) groups is 1. The number of amides is 1. The van der Waals surface area contributed by atoms with E-state index in [1.165, 1.54) is 11.8 Å². The first-order valence-electron chi connectivity index (χ1n) is 8.65. The number of benzene rings is 2. The summed E-state index contributed by atoms with van der Waals surface area (Å²) in [6.45, 7) is 0. The molecule has 2 aromatic carbocycles. The lowest BCUT2D eigenvalue weighted by molar-refractivity contribution is 0.267. The number of hydrogen-bond acceptors (Lipinski definition) is 5. The lowest BCUT2D eigenvalue weighted by atomic mass is 9.98. The molecule has 0 aliphatic carbocycles. The predicted molar refractivity (Wildman–Crippen MR) is 113 cm³/mol. The van der Waals surface area contributed by atoms with E-state index in [0.29, 0.717) is 10.8 Å². The van der Waals surface area contributed by atoms with E-state index in [0.717, 1.165) is 34.8 Å². The molecule has 0 N–H and O–H groups in total. The van der Waals surface area contributed by atoms with Gasteiger partial charge in [-0.25, -0.2) is 5.01 Å². The first-order valence-corrected chi connectivity index (χ1v) is 10.0. The van der Waals surface area contributed by atoms with Gasteiger partial charge in [0.05, 0.1) is 17.5 Å². The summed E-state index contributed by atoms with van der Waals surface area (Å²) in [7, 11) is 4.05. The van der Waals surface area contributed by atoms with Crippen LogP contribution in [0.4, 0.5) is 10.5 Å². The van der Waals surface area contributed by atoms with Crippen LogP contribution in [0.3, 0.4) is 0 Å². The van der Waals surface area contributed by atoms with Gasteiger partial charge in [-0.05, 0) is 35.4 Å². The van der Waals surface area contributed by atoms with Gasteiger partial charge in [-0.3, -0.25) is 4.79 Å². The summed E-state index contributed by atoms with van der Waals surface area (Å²) in [6, 6.07) is 16.2. The molecular formula is C20H19ClN4OS. The zero-order valence-corrected chi connectivity index (χ0v) is 16.7. The Balaban J connectivity index is 1.68. The van der Waals surface area contributed by atoms with Gasteiger partial charge in [-0.2, -0.15) is 10.1 Å². The molecule has 0 fully saturated rings. The molecule has 1 amide bonds. The molecule has 7 heteroatoms. The van der Waals surface area contributed by atoms with Crippen molar-refractivity contribution in [3.8, 4) is 0 Å². The van der Waals surface area contributed by atoms with Gasteiger partial charge in [0.25, 0.3) is 0 Å². The minimum atomic E-state index is -0.151. The van der Waals surface area contributed by atoms with Crippen molar-refractivity contribution in [2.75, 3.05) is 24.7 Å². The highest BCUT2D eigenvalue weighted by Gasteiger charge is 2.34. The van der Waals surface area contributed by atoms with Crippen molar-refractivity contribution >= 4 is 45.8 Å². The van der Waals surface area contributed by atoms with Gasteiger partial charge in [0.2, 0.25) is 0 Å². The van der Waals surface area contributed by atoms with Crippen LogP contribution in [0.15, 0.2) is 58.6 Å². The van der Waals surface area contributed by atoms with Crippen LogP contribution in [0.5, 0.6) is 0 Å². The minimum Gasteiger partial charge on any atom is -0.378 e. The maximum Gasteiger partial charge on any atom is 0.307 e. The molecule has 2 heterocycles. The highest BCUT2D eigenvalue weighted by atomic mass is 35.5. The van der Waals surface area contributed by atoms with Crippen LogP contribution in [-0.2, 0) is 0 Å². The number of hydrazone groups is 1. The molecule has 2 aliphatic heterocycles. The molecule has 138 valence electrons. The first-order chi connectivity index (χ1) is 13.0. The monoisotopic (exact) mass is 398 g/mol. The second kappa shape index (κ2) is 7.37. The fourth-order valence-corrected chi connectivity index (χ4v) is 3.98. The Bertz CT molecular complexity index is 922. The van der Waals surface area contributed by atoms with E-state index in [1.54, 1.807) is 0 Å². The Labute approximate surface area is 167 Å². The van der Waals surface area contributed by atoms with Crippen molar-refractivity contribution in [2.24, 2.45) is 10.1 Å². The Hall–Kier alpha value is -2.31. The number of halogens is 1. The molecule has 0 bridgehead atoms. The van der Waals surface area contributed by atoms with Crippen LogP contribution < -0.4 is 4.90 Å². The second-order valence-electron chi connectivity index (χ2n) is 6.69. The van der Waals surface area contributed by atoms with Gasteiger partial charge in [-0.15, -0.1) is 0 Å². The van der Waals surface area contributed by atoms with Crippen LogP contribution in [-0.4, -0.2) is 41.6 Å². The molecular weight excluding hydrogens is 380 g/mol. The molecule has 4 rings (SSSR count). The van der Waals surface area contributed by atoms with Gasteiger partial charge in [0.15, 0.2) is 0 Å². The van der Waals surface area contributed by atoms with Crippen molar-refractivity contribution in [2.45, 2.75) is 12.5 Å². The number of nitrogens with zero attached hydrogens (tertiary/aromatic N) is 4. The normalized spacial score (nSPS) is 19.3. The summed E-state index contributed by atoms with van der Waals surface area (Å²) >= 11 is 7.24. The van der Waals surface area contributed by atoms with E-state index in [-0.39, 0.29) is 11.3 Å². The van der Waals surface area contributed by atoms with Crippen molar-refractivity contribution in [1.82, 2.24) is 5.01 Å². The first kappa shape index (κ1) is 18.1. The van der Waals surface area contributed by atoms with Crippen molar-refractivity contribution in [1.29, 1.82) is 0 Å². The van der Waals surface area contributed by atoms with E-state index in [9.17, 15) is 4.79 Å². The van der Waals surface area contributed by atoms with Gasteiger partial charge in [0, 0.05) is 31.2 Å². The van der Waals surface area contributed by atoms with Crippen molar-refractivity contribution < 1.29 is 4.79 Å². The molecule has 0 saturated carbocycles. The molecule has 1 atom stereocenters. The summed E-state index contributed by atoms with van der Waals surface area (Å²) in [4.78, 5) is 17.9. The SMILES string of the molecule is CN(C)c1ccc(C2CC(c3ccc(Cl)cc3)=NN2C2=NC(=O)SC2)cc1. The average molecular weight is 399 g/mol. The Morgan fingerprint density at radius 1 is 1.11 bits per heavy atom. The van der Waals surface area contributed by atoms with E-state index in [4.69, 9.17) is 16.7 Å². The lowest BCUT2D eigenvalue weighted by Crippen LogP contribution is -2.27. The summed E-state index contributed by atoms with van der Waals surface area (Å²) in [5, 5.41) is 7.28. The zero-order chi connectivity index (χ0) is 19.0. The number of hydrogen-bond donors (Lipinski definition) is 0. The average Bonchev–Trinajstić information content (AvgIpc) is 3.29. The molecule has 5 nitrogen and oxygen atoms in total. The van der Waals surface area contributed by atoms with Gasteiger partial charge in [0.1, 0.15) is 5.84 Å². The van der Waals surface area contributed by atoms with Crippen molar-refractivity contribution in [3.05, 3.63) is 64.7 Å². The summed E-state index contributed by atoms with van der Waals surface area (Å²) < 4.78 is 0. The third-order valence-electron chi connectivity index (χ3n) is 4.69. The van der Waals surface area contributed by atoms with Crippen molar-refractivity contribution in [3.63, 3.8) is 0 Å². The Morgan fingerprint density at radius 2 is 1.81 bits per heavy atom. The van der Waals surface area contributed by atoms with Gasteiger partial charge >= 0.3 is 5.24 Å². The highest BCUT2D eigenvalue weighted by molar-refractivity contribution is 8.14. The summed E-state index contributed by atoms with van der Waals surface area (Å²) in [5.74, 6) is 1.28. The molecule has 2 aliphatic rings. The van der Waals surface area contributed by atoms with Crippen LogP contribution in [0.25, 0.3) is 0 Å². The van der Waals surface area contributed by atoms with Crippen LogP contribution in [0.1, 0.15) is 23.6 Å². The predicted octanol–water partition coefficient (Wildman–Crippen LogP) is 4.82. The number of thioether (sulfide) groups is 1. The molecule has 0 spiro atoms. The number of anilines is 1. The maximum absolute atomic E-state index is 11.6. The van der Waals surface area contributed by atoms with E-state index < -0.39 is 0 Å². The van der Waals surface area contributed by atoms with Gasteiger partial charge in [-0.1, -0.05) is 47.6 Å². The molecule has 0 aromatic heterocycles. The van der Waals surface area contributed by atoms with Crippen LogP contribution >= 0.6 is 23.4 Å². The zero-order valence-electron chi connectivity index (χ0n) is 15.1. The fraction of sp³-hybridized carbons (Fsp3) is 0.250.